The molecule has 1 aromatic heterocycles. The van der Waals surface area contributed by atoms with E-state index in [9.17, 15) is 23.1 Å². The van der Waals surface area contributed by atoms with Gasteiger partial charge in [-0.25, -0.2) is 9.78 Å². The second-order valence-electron chi connectivity index (χ2n) is 7.30. The summed E-state index contributed by atoms with van der Waals surface area (Å²) in [7, 11) is 0. The Morgan fingerprint density at radius 2 is 1.91 bits per heavy atom. The van der Waals surface area contributed by atoms with Gasteiger partial charge in [0.1, 0.15) is 5.75 Å². The van der Waals surface area contributed by atoms with Crippen LogP contribution in [0.5, 0.6) is 5.75 Å². The zero-order valence-electron chi connectivity index (χ0n) is 17.9. The fourth-order valence-electron chi connectivity index (χ4n) is 3.46. The summed E-state index contributed by atoms with van der Waals surface area (Å²) in [5.74, 6) is -2.69. The molecular weight excluding hydrogens is 429 g/mol. The highest BCUT2D eigenvalue weighted by molar-refractivity contribution is 5.94. The molecule has 1 amide bonds. The highest BCUT2D eigenvalue weighted by atomic mass is 19.4. The fourth-order valence-corrected chi connectivity index (χ4v) is 3.46. The molecule has 0 aliphatic carbocycles. The van der Waals surface area contributed by atoms with E-state index in [-0.39, 0.29) is 17.7 Å². The van der Waals surface area contributed by atoms with E-state index in [0.717, 1.165) is 31.7 Å². The number of phenols is 1. The summed E-state index contributed by atoms with van der Waals surface area (Å²) in [5.41, 5.74) is 1.58. The highest BCUT2D eigenvalue weighted by Crippen LogP contribution is 2.26. The first kappa shape index (κ1) is 25.2. The first-order chi connectivity index (χ1) is 15.1. The Hall–Kier alpha value is -3.08. The molecule has 0 spiro atoms. The van der Waals surface area contributed by atoms with Crippen LogP contribution in [-0.2, 0) is 11.3 Å². The standard InChI is InChI=1S/C19H26N4O2.C2HF3O2/c1-3-21(4-2)9-8-16-12-22(13-17-11-20-14-23(16)17)19(25)15-6-5-7-18(24)10-15;3-2(4,5)1(6)7/h5-7,10-11,14,16,24H,3-4,8-9,12-13H2,1-2H3;(H,6,7). The van der Waals surface area contributed by atoms with Crippen molar-refractivity contribution < 1.29 is 33.0 Å². The molecular formula is C21H27F3N4O4. The Balaban J connectivity index is 0.000000451. The van der Waals surface area contributed by atoms with E-state index < -0.39 is 12.1 Å². The number of fused-ring (bicyclic) bond motifs is 1. The molecule has 0 radical (unpaired) electrons. The van der Waals surface area contributed by atoms with Crippen LogP contribution in [0.4, 0.5) is 13.2 Å². The lowest BCUT2D eigenvalue weighted by molar-refractivity contribution is -0.192. The number of carbonyl (C=O) groups is 2. The Kier molecular flexibility index (Phi) is 8.64. The zero-order chi connectivity index (χ0) is 23.9. The molecule has 3 rings (SSSR count). The van der Waals surface area contributed by atoms with E-state index in [4.69, 9.17) is 9.90 Å². The first-order valence-corrected chi connectivity index (χ1v) is 10.2. The van der Waals surface area contributed by atoms with Gasteiger partial charge in [0.2, 0.25) is 0 Å². The topological polar surface area (TPSA) is 98.9 Å². The van der Waals surface area contributed by atoms with Crippen LogP contribution in [0.2, 0.25) is 0 Å². The Morgan fingerprint density at radius 1 is 1.25 bits per heavy atom. The Labute approximate surface area is 183 Å². The van der Waals surface area contributed by atoms with Gasteiger partial charge in [0.15, 0.2) is 0 Å². The number of carboxylic acid groups (broad SMARTS) is 1. The molecule has 32 heavy (non-hydrogen) atoms. The van der Waals surface area contributed by atoms with Gasteiger partial charge in [-0.1, -0.05) is 19.9 Å². The number of hydrogen-bond acceptors (Lipinski definition) is 5. The largest absolute Gasteiger partial charge is 0.508 e. The number of aromatic nitrogens is 2. The minimum atomic E-state index is -5.08. The maximum absolute atomic E-state index is 12.9. The lowest BCUT2D eigenvalue weighted by atomic mass is 10.1. The van der Waals surface area contributed by atoms with Gasteiger partial charge in [0.05, 0.1) is 24.6 Å². The monoisotopic (exact) mass is 456 g/mol. The van der Waals surface area contributed by atoms with Crippen molar-refractivity contribution in [1.29, 1.82) is 0 Å². The van der Waals surface area contributed by atoms with Gasteiger partial charge in [-0.15, -0.1) is 0 Å². The third-order valence-electron chi connectivity index (χ3n) is 5.22. The fraction of sp³-hybridized carbons (Fsp3) is 0.476. The number of benzene rings is 1. The van der Waals surface area contributed by atoms with Gasteiger partial charge < -0.3 is 24.6 Å². The van der Waals surface area contributed by atoms with Gasteiger partial charge in [0.25, 0.3) is 5.91 Å². The molecule has 1 aromatic carbocycles. The average Bonchev–Trinajstić information content (AvgIpc) is 3.22. The molecule has 2 heterocycles. The van der Waals surface area contributed by atoms with Crippen molar-refractivity contribution in [1.82, 2.24) is 19.4 Å². The minimum absolute atomic E-state index is 0.0452. The van der Waals surface area contributed by atoms with E-state index in [1.807, 2.05) is 17.4 Å². The number of alkyl halides is 3. The van der Waals surface area contributed by atoms with Crippen LogP contribution in [0.3, 0.4) is 0 Å². The molecule has 0 fully saturated rings. The van der Waals surface area contributed by atoms with Gasteiger partial charge >= 0.3 is 12.1 Å². The summed E-state index contributed by atoms with van der Waals surface area (Å²) in [6.07, 6.45) is -0.389. The minimum Gasteiger partial charge on any atom is -0.508 e. The third kappa shape index (κ3) is 6.71. The molecule has 11 heteroatoms. The molecule has 1 atom stereocenters. The molecule has 0 bridgehead atoms. The maximum atomic E-state index is 12.9. The van der Waals surface area contributed by atoms with Crippen molar-refractivity contribution >= 4 is 11.9 Å². The smallest absolute Gasteiger partial charge is 0.490 e. The molecule has 1 aliphatic heterocycles. The molecule has 176 valence electrons. The van der Waals surface area contributed by atoms with Crippen molar-refractivity contribution in [3.63, 3.8) is 0 Å². The summed E-state index contributed by atoms with van der Waals surface area (Å²) in [6.45, 7) is 8.63. The van der Waals surface area contributed by atoms with Crippen LogP contribution in [0.1, 0.15) is 42.4 Å². The summed E-state index contributed by atoms with van der Waals surface area (Å²) >= 11 is 0. The molecule has 0 saturated heterocycles. The van der Waals surface area contributed by atoms with Gasteiger partial charge in [-0.05, 0) is 37.7 Å². The third-order valence-corrected chi connectivity index (χ3v) is 5.22. The second kappa shape index (κ2) is 11.0. The van der Waals surface area contributed by atoms with Crippen molar-refractivity contribution in [2.24, 2.45) is 0 Å². The molecule has 0 saturated carbocycles. The van der Waals surface area contributed by atoms with Crippen LogP contribution in [0, 0.1) is 0 Å². The van der Waals surface area contributed by atoms with E-state index >= 15 is 0 Å². The van der Waals surface area contributed by atoms with Gasteiger partial charge in [-0.2, -0.15) is 13.2 Å². The van der Waals surface area contributed by atoms with E-state index in [2.05, 4.69) is 28.3 Å². The van der Waals surface area contributed by atoms with Crippen molar-refractivity contribution in [2.75, 3.05) is 26.2 Å². The molecule has 2 aromatic rings. The van der Waals surface area contributed by atoms with Crippen molar-refractivity contribution in [2.45, 2.75) is 39.0 Å². The number of carboxylic acids is 1. The highest BCUT2D eigenvalue weighted by Gasteiger charge is 2.38. The first-order valence-electron chi connectivity index (χ1n) is 10.2. The molecule has 8 nitrogen and oxygen atoms in total. The quantitative estimate of drug-likeness (QED) is 0.693. The van der Waals surface area contributed by atoms with E-state index in [1.165, 1.54) is 6.07 Å². The normalized spacial score (nSPS) is 15.7. The Bertz CT molecular complexity index is 912. The van der Waals surface area contributed by atoms with Crippen LogP contribution in [0.15, 0.2) is 36.8 Å². The molecule has 2 N–H and O–H groups in total. The van der Waals surface area contributed by atoms with Gasteiger partial charge in [0, 0.05) is 24.8 Å². The van der Waals surface area contributed by atoms with E-state index in [0.29, 0.717) is 18.7 Å². The Morgan fingerprint density at radius 3 is 2.47 bits per heavy atom. The van der Waals surface area contributed by atoms with Crippen LogP contribution < -0.4 is 0 Å². The number of rotatable bonds is 6. The predicted molar refractivity (Wildman–Crippen MR) is 110 cm³/mol. The number of imidazole rings is 1. The van der Waals surface area contributed by atoms with E-state index in [1.54, 1.807) is 18.2 Å². The van der Waals surface area contributed by atoms with Crippen molar-refractivity contribution in [3.8, 4) is 5.75 Å². The number of hydrogen-bond donors (Lipinski definition) is 2. The number of aliphatic carboxylic acids is 1. The molecule has 1 unspecified atom stereocenters. The number of carbonyl (C=O) groups excluding carboxylic acids is 1. The maximum Gasteiger partial charge on any atom is 0.490 e. The summed E-state index contributed by atoms with van der Waals surface area (Å²) < 4.78 is 33.9. The summed E-state index contributed by atoms with van der Waals surface area (Å²) in [6, 6.07) is 6.79. The number of halogens is 3. The number of aromatic hydroxyl groups is 1. The predicted octanol–water partition coefficient (Wildman–Crippen LogP) is 3.15. The molecule has 1 aliphatic rings. The number of phenolic OH excluding ortho intramolecular Hbond substituents is 1. The van der Waals surface area contributed by atoms with Crippen LogP contribution in [-0.4, -0.2) is 73.8 Å². The number of amides is 1. The SMILES string of the molecule is CCN(CC)CCC1CN(C(=O)c2cccc(O)c2)Cc2cncn21.O=C(O)C(F)(F)F. The van der Waals surface area contributed by atoms with Crippen LogP contribution >= 0.6 is 0 Å². The van der Waals surface area contributed by atoms with Crippen LogP contribution in [0.25, 0.3) is 0 Å². The average molecular weight is 456 g/mol. The lowest BCUT2D eigenvalue weighted by Gasteiger charge is -2.35. The number of nitrogens with zero attached hydrogens (tertiary/aromatic N) is 4. The lowest BCUT2D eigenvalue weighted by Crippen LogP contribution is -2.41. The van der Waals surface area contributed by atoms with Crippen molar-refractivity contribution in [3.05, 3.63) is 48.0 Å². The zero-order valence-corrected chi connectivity index (χ0v) is 17.9. The van der Waals surface area contributed by atoms with Gasteiger partial charge in [-0.3, -0.25) is 4.79 Å². The summed E-state index contributed by atoms with van der Waals surface area (Å²) in [5, 5.41) is 16.8. The second-order valence-corrected chi connectivity index (χ2v) is 7.30. The summed E-state index contributed by atoms with van der Waals surface area (Å²) in [4.78, 5) is 30.3.